The molecule has 4 nitrogen and oxygen atoms in total. The molecule has 0 amide bonds. The van der Waals surface area contributed by atoms with Crippen molar-refractivity contribution in [3.63, 3.8) is 0 Å². The minimum Gasteiger partial charge on any atom is -0.306 e. The lowest BCUT2D eigenvalue weighted by atomic mass is 10.1. The molecule has 0 saturated carbocycles. The molecule has 0 aliphatic rings. The number of hydrogen-bond acceptors (Lipinski definition) is 3. The summed E-state index contributed by atoms with van der Waals surface area (Å²) in [5.74, 6) is 0. The molecule has 0 aliphatic carbocycles. The van der Waals surface area contributed by atoms with Crippen LogP contribution in [0.3, 0.4) is 0 Å². The first kappa shape index (κ1) is 14.0. The summed E-state index contributed by atoms with van der Waals surface area (Å²) in [5.41, 5.74) is 4.17. The Morgan fingerprint density at radius 1 is 1.29 bits per heavy atom. The van der Waals surface area contributed by atoms with Gasteiger partial charge in [0.2, 0.25) is 0 Å². The summed E-state index contributed by atoms with van der Waals surface area (Å²) < 4.78 is 1.82. The zero-order valence-corrected chi connectivity index (χ0v) is 12.8. The van der Waals surface area contributed by atoms with Crippen molar-refractivity contribution < 1.29 is 0 Å². The fourth-order valence-corrected chi connectivity index (χ4v) is 2.39. The first-order valence-corrected chi connectivity index (χ1v) is 7.29. The highest BCUT2D eigenvalue weighted by atomic mass is 35.5. The number of nitrogens with zero attached hydrogens (tertiary/aromatic N) is 3. The largest absolute Gasteiger partial charge is 0.306 e. The number of nitrogens with one attached hydrogen (secondary N) is 1. The number of aryl methyl sites for hydroxylation is 1. The zero-order chi connectivity index (χ0) is 14.8. The van der Waals surface area contributed by atoms with E-state index in [1.54, 1.807) is 0 Å². The van der Waals surface area contributed by atoms with Gasteiger partial charge in [-0.05, 0) is 31.5 Å². The summed E-state index contributed by atoms with van der Waals surface area (Å²) in [6, 6.07) is 10.1. The molecule has 2 heterocycles. The van der Waals surface area contributed by atoms with Crippen LogP contribution in [0.5, 0.6) is 0 Å². The number of benzene rings is 1. The van der Waals surface area contributed by atoms with Gasteiger partial charge in [0.1, 0.15) is 0 Å². The van der Waals surface area contributed by atoms with Gasteiger partial charge in [-0.2, -0.15) is 5.10 Å². The SMILES string of the molecule is Cc1cc2ncc(CN[C@@H](C)c3ccc(Cl)cc3)cn2n1. The van der Waals surface area contributed by atoms with E-state index in [0.29, 0.717) is 0 Å². The van der Waals surface area contributed by atoms with Crippen LogP contribution in [0.15, 0.2) is 42.7 Å². The van der Waals surface area contributed by atoms with Crippen LogP contribution < -0.4 is 5.32 Å². The number of rotatable bonds is 4. The summed E-state index contributed by atoms with van der Waals surface area (Å²) in [7, 11) is 0. The van der Waals surface area contributed by atoms with Crippen LogP contribution >= 0.6 is 11.6 Å². The molecule has 0 radical (unpaired) electrons. The minimum atomic E-state index is 0.248. The highest BCUT2D eigenvalue weighted by Gasteiger charge is 2.06. The molecule has 3 rings (SSSR count). The van der Waals surface area contributed by atoms with Crippen molar-refractivity contribution in [3.05, 3.63) is 64.6 Å². The van der Waals surface area contributed by atoms with Crippen molar-refractivity contribution >= 4 is 17.2 Å². The van der Waals surface area contributed by atoms with Crippen LogP contribution in [0.2, 0.25) is 5.02 Å². The first-order valence-electron chi connectivity index (χ1n) is 6.91. The topological polar surface area (TPSA) is 42.2 Å². The third-order valence-electron chi connectivity index (χ3n) is 3.47. The smallest absolute Gasteiger partial charge is 0.155 e. The normalized spacial score (nSPS) is 12.7. The predicted molar refractivity (Wildman–Crippen MR) is 84.4 cm³/mol. The lowest BCUT2D eigenvalue weighted by molar-refractivity contribution is 0.572. The molecule has 0 bridgehead atoms. The Bertz CT molecular complexity index is 749. The number of fused-ring (bicyclic) bond motifs is 1. The Morgan fingerprint density at radius 3 is 2.81 bits per heavy atom. The maximum atomic E-state index is 5.91. The van der Waals surface area contributed by atoms with Crippen LogP contribution in [-0.4, -0.2) is 14.6 Å². The van der Waals surface area contributed by atoms with Crippen molar-refractivity contribution in [2.24, 2.45) is 0 Å². The van der Waals surface area contributed by atoms with E-state index in [4.69, 9.17) is 11.6 Å². The van der Waals surface area contributed by atoms with Crippen molar-refractivity contribution in [3.8, 4) is 0 Å². The Labute approximate surface area is 128 Å². The second-order valence-electron chi connectivity index (χ2n) is 5.20. The minimum absolute atomic E-state index is 0.248. The Balaban J connectivity index is 1.69. The van der Waals surface area contributed by atoms with Crippen LogP contribution in [-0.2, 0) is 6.54 Å². The number of hydrogen-bond donors (Lipinski definition) is 1. The van der Waals surface area contributed by atoms with Gasteiger partial charge in [0.25, 0.3) is 0 Å². The molecule has 0 aliphatic heterocycles. The van der Waals surface area contributed by atoms with Crippen molar-refractivity contribution in [2.75, 3.05) is 0 Å². The van der Waals surface area contributed by atoms with Gasteiger partial charge in [-0.1, -0.05) is 23.7 Å². The first-order chi connectivity index (χ1) is 10.1. The van der Waals surface area contributed by atoms with Gasteiger partial charge in [0.15, 0.2) is 5.65 Å². The van der Waals surface area contributed by atoms with E-state index >= 15 is 0 Å². The van der Waals surface area contributed by atoms with E-state index < -0.39 is 0 Å². The summed E-state index contributed by atoms with van der Waals surface area (Å²) in [6.45, 7) is 4.84. The molecule has 1 atom stereocenters. The van der Waals surface area contributed by atoms with Gasteiger partial charge >= 0.3 is 0 Å². The molecule has 3 aromatic rings. The fraction of sp³-hybridized carbons (Fsp3) is 0.250. The molecule has 1 aromatic carbocycles. The number of halogens is 1. The van der Waals surface area contributed by atoms with Gasteiger partial charge in [-0.15, -0.1) is 0 Å². The van der Waals surface area contributed by atoms with E-state index in [0.717, 1.165) is 28.5 Å². The van der Waals surface area contributed by atoms with E-state index in [1.807, 2.05) is 54.2 Å². The molecule has 0 unspecified atom stereocenters. The Hall–Kier alpha value is -1.91. The van der Waals surface area contributed by atoms with Crippen molar-refractivity contribution in [1.82, 2.24) is 19.9 Å². The maximum absolute atomic E-state index is 5.91. The highest BCUT2D eigenvalue weighted by Crippen LogP contribution is 2.16. The van der Waals surface area contributed by atoms with Gasteiger partial charge < -0.3 is 5.32 Å². The van der Waals surface area contributed by atoms with Gasteiger partial charge in [0.05, 0.1) is 5.69 Å². The summed E-state index contributed by atoms with van der Waals surface area (Å²) in [6.07, 6.45) is 3.90. The third-order valence-corrected chi connectivity index (χ3v) is 3.72. The zero-order valence-electron chi connectivity index (χ0n) is 12.0. The predicted octanol–water partition coefficient (Wildman–Crippen LogP) is 3.54. The lowest BCUT2D eigenvalue weighted by Gasteiger charge is -2.14. The van der Waals surface area contributed by atoms with Crippen molar-refractivity contribution in [1.29, 1.82) is 0 Å². The second-order valence-corrected chi connectivity index (χ2v) is 5.64. The quantitative estimate of drug-likeness (QED) is 0.801. The molecular formula is C16H17ClN4. The van der Waals surface area contributed by atoms with Crippen molar-refractivity contribution in [2.45, 2.75) is 26.4 Å². The summed E-state index contributed by atoms with van der Waals surface area (Å²) in [4.78, 5) is 4.41. The van der Waals surface area contributed by atoms with Gasteiger partial charge in [0, 0.05) is 41.6 Å². The van der Waals surface area contributed by atoms with E-state index in [-0.39, 0.29) is 6.04 Å². The highest BCUT2D eigenvalue weighted by molar-refractivity contribution is 6.30. The fourth-order valence-electron chi connectivity index (χ4n) is 2.27. The molecule has 5 heteroatoms. The number of aromatic nitrogens is 3. The third kappa shape index (κ3) is 3.23. The van der Waals surface area contributed by atoms with Gasteiger partial charge in [-0.3, -0.25) is 0 Å². The average Bonchev–Trinajstić information content (AvgIpc) is 2.84. The van der Waals surface area contributed by atoms with E-state index in [9.17, 15) is 0 Å². The molecule has 108 valence electrons. The lowest BCUT2D eigenvalue weighted by Crippen LogP contribution is -2.18. The Kier molecular flexibility index (Phi) is 3.90. The second kappa shape index (κ2) is 5.84. The van der Waals surface area contributed by atoms with Crippen LogP contribution in [0.25, 0.3) is 5.65 Å². The Morgan fingerprint density at radius 2 is 2.05 bits per heavy atom. The average molecular weight is 301 g/mol. The monoisotopic (exact) mass is 300 g/mol. The van der Waals surface area contributed by atoms with Crippen LogP contribution in [0, 0.1) is 6.92 Å². The van der Waals surface area contributed by atoms with Crippen LogP contribution in [0.1, 0.15) is 29.8 Å². The van der Waals surface area contributed by atoms with E-state index in [2.05, 4.69) is 22.3 Å². The molecule has 0 saturated heterocycles. The molecule has 1 N–H and O–H groups in total. The summed E-state index contributed by atoms with van der Waals surface area (Å²) >= 11 is 5.91. The summed E-state index contributed by atoms with van der Waals surface area (Å²) in [5, 5.41) is 8.62. The molecule has 21 heavy (non-hydrogen) atoms. The van der Waals surface area contributed by atoms with Gasteiger partial charge in [-0.25, -0.2) is 9.50 Å². The molecular weight excluding hydrogens is 284 g/mol. The molecule has 2 aromatic heterocycles. The maximum Gasteiger partial charge on any atom is 0.155 e. The molecule has 0 spiro atoms. The van der Waals surface area contributed by atoms with E-state index in [1.165, 1.54) is 5.56 Å². The van der Waals surface area contributed by atoms with Crippen LogP contribution in [0.4, 0.5) is 0 Å². The molecule has 0 fully saturated rings. The standard InChI is InChI=1S/C16H17ClN4/c1-11-7-16-19-9-13(10-21(16)20-11)8-18-12(2)14-3-5-15(17)6-4-14/h3-7,9-10,12,18H,8H2,1-2H3/t12-/m0/s1.